The van der Waals surface area contributed by atoms with E-state index in [0.29, 0.717) is 0 Å². The van der Waals surface area contributed by atoms with E-state index in [1.807, 2.05) is 0 Å². The van der Waals surface area contributed by atoms with E-state index in [4.69, 9.17) is 0 Å². The van der Waals surface area contributed by atoms with Gasteiger partial charge in [0.15, 0.2) is 0 Å². The third-order valence-corrected chi connectivity index (χ3v) is 2.87. The molecule has 0 unspecified atom stereocenters. The van der Waals surface area contributed by atoms with Crippen LogP contribution in [0.4, 0.5) is 15.8 Å². The maximum Gasteiger partial charge on any atom is 0.327 e. The molecular weight excluding hydrogens is 261 g/mol. The third kappa shape index (κ3) is 3.30. The van der Waals surface area contributed by atoms with Gasteiger partial charge in [-0.05, 0) is 38.1 Å². The van der Waals surface area contributed by atoms with Crippen molar-refractivity contribution in [1.29, 1.82) is 0 Å². The van der Waals surface area contributed by atoms with Crippen LogP contribution in [0.3, 0.4) is 0 Å². The number of anilines is 1. The van der Waals surface area contributed by atoms with E-state index in [1.165, 1.54) is 6.07 Å². The Labute approximate surface area is 110 Å². The summed E-state index contributed by atoms with van der Waals surface area (Å²) in [4.78, 5) is 10.1. The van der Waals surface area contributed by atoms with Crippen molar-refractivity contribution in [3.63, 3.8) is 0 Å². The van der Waals surface area contributed by atoms with E-state index < -0.39 is 16.4 Å². The second-order valence-corrected chi connectivity index (χ2v) is 4.06. The Kier molecular flexibility index (Phi) is 5.30. The van der Waals surface area contributed by atoms with Crippen LogP contribution < -0.4 is 10.6 Å². The van der Waals surface area contributed by atoms with Gasteiger partial charge in [0, 0.05) is 6.04 Å². The summed E-state index contributed by atoms with van der Waals surface area (Å²) in [6.07, 6.45) is 1.77. The van der Waals surface area contributed by atoms with E-state index in [1.54, 1.807) is 6.07 Å². The molecule has 1 saturated heterocycles. The average molecular weight is 276 g/mol. The zero-order chi connectivity index (χ0) is 12.3. The predicted molar refractivity (Wildman–Crippen MR) is 69.8 cm³/mol. The Morgan fingerprint density at radius 3 is 2.67 bits per heavy atom. The van der Waals surface area contributed by atoms with Crippen molar-refractivity contribution < 1.29 is 9.31 Å². The van der Waals surface area contributed by atoms with Crippen LogP contribution in [0.2, 0.25) is 0 Å². The highest BCUT2D eigenvalue weighted by molar-refractivity contribution is 5.85. The topological polar surface area (TPSA) is 67.2 Å². The van der Waals surface area contributed by atoms with Gasteiger partial charge in [-0.1, -0.05) is 6.07 Å². The van der Waals surface area contributed by atoms with Gasteiger partial charge in [0.05, 0.1) is 4.92 Å². The number of para-hydroxylation sites is 1. The Hall–Kier alpha value is -1.40. The summed E-state index contributed by atoms with van der Waals surface area (Å²) in [7, 11) is 0. The molecule has 1 aromatic carbocycles. The monoisotopic (exact) mass is 275 g/mol. The molecule has 0 aromatic heterocycles. The maximum atomic E-state index is 13.4. The highest BCUT2D eigenvalue weighted by Crippen LogP contribution is 2.28. The first-order valence-electron chi connectivity index (χ1n) is 5.58. The summed E-state index contributed by atoms with van der Waals surface area (Å²) in [5.41, 5.74) is -0.201. The molecule has 1 aromatic rings. The van der Waals surface area contributed by atoms with Gasteiger partial charge in [0.1, 0.15) is 5.69 Å². The number of halogens is 2. The molecule has 0 atom stereocenters. The lowest BCUT2D eigenvalue weighted by atomic mass is 10.1. The summed E-state index contributed by atoms with van der Waals surface area (Å²) in [5.74, 6) is -0.797. The normalized spacial score (nSPS) is 15.8. The zero-order valence-electron chi connectivity index (χ0n) is 9.69. The number of nitro benzene ring substituents is 1. The van der Waals surface area contributed by atoms with Gasteiger partial charge < -0.3 is 10.6 Å². The van der Waals surface area contributed by atoms with Crippen LogP contribution in [0.1, 0.15) is 12.8 Å². The molecule has 5 nitrogen and oxygen atoms in total. The molecule has 7 heteroatoms. The van der Waals surface area contributed by atoms with Crippen molar-refractivity contribution in [2.45, 2.75) is 18.9 Å². The third-order valence-electron chi connectivity index (χ3n) is 2.87. The first-order chi connectivity index (χ1) is 8.18. The second kappa shape index (κ2) is 6.51. The molecule has 0 amide bonds. The van der Waals surface area contributed by atoms with Crippen LogP contribution in [0.5, 0.6) is 0 Å². The molecule has 100 valence electrons. The number of rotatable bonds is 3. The fourth-order valence-corrected chi connectivity index (χ4v) is 2.00. The van der Waals surface area contributed by atoms with Gasteiger partial charge in [-0.25, -0.2) is 0 Å². The quantitative estimate of drug-likeness (QED) is 0.656. The van der Waals surface area contributed by atoms with E-state index in [2.05, 4.69) is 10.6 Å². The number of nitrogens with one attached hydrogen (secondary N) is 2. The smallest absolute Gasteiger partial charge is 0.327 e. The molecule has 2 N–H and O–H groups in total. The second-order valence-electron chi connectivity index (χ2n) is 4.06. The summed E-state index contributed by atoms with van der Waals surface area (Å²) in [6, 6.07) is 4.29. The average Bonchev–Trinajstić information content (AvgIpc) is 2.30. The van der Waals surface area contributed by atoms with E-state index in [-0.39, 0.29) is 24.1 Å². The minimum Gasteiger partial charge on any atom is -0.377 e. The van der Waals surface area contributed by atoms with Gasteiger partial charge in [-0.2, -0.15) is 4.39 Å². The Morgan fingerprint density at radius 2 is 2.06 bits per heavy atom. The molecule has 18 heavy (non-hydrogen) atoms. The molecule has 1 aliphatic rings. The van der Waals surface area contributed by atoms with E-state index in [9.17, 15) is 14.5 Å². The van der Waals surface area contributed by atoms with Crippen LogP contribution in [-0.2, 0) is 0 Å². The Balaban J connectivity index is 0.00000162. The molecule has 0 bridgehead atoms. The molecule has 1 aliphatic heterocycles. The molecule has 0 saturated carbocycles. The lowest BCUT2D eigenvalue weighted by Crippen LogP contribution is -2.35. The molecule has 1 fully saturated rings. The van der Waals surface area contributed by atoms with E-state index >= 15 is 0 Å². The fraction of sp³-hybridized carbons (Fsp3) is 0.455. The van der Waals surface area contributed by atoms with Crippen LogP contribution in [0.25, 0.3) is 0 Å². The highest BCUT2D eigenvalue weighted by Gasteiger charge is 2.22. The van der Waals surface area contributed by atoms with Crippen molar-refractivity contribution in [2.24, 2.45) is 0 Å². The van der Waals surface area contributed by atoms with Gasteiger partial charge in [-0.15, -0.1) is 12.4 Å². The number of hydrogen-bond acceptors (Lipinski definition) is 4. The van der Waals surface area contributed by atoms with Crippen molar-refractivity contribution in [3.8, 4) is 0 Å². The number of nitrogens with zero attached hydrogens (tertiary/aromatic N) is 1. The number of nitro groups is 1. The van der Waals surface area contributed by atoms with Crippen molar-refractivity contribution in [3.05, 3.63) is 34.1 Å². The van der Waals surface area contributed by atoms with Crippen LogP contribution >= 0.6 is 12.4 Å². The number of benzene rings is 1. The van der Waals surface area contributed by atoms with Crippen molar-refractivity contribution in [2.75, 3.05) is 18.4 Å². The number of piperidine rings is 1. The van der Waals surface area contributed by atoms with Gasteiger partial charge >= 0.3 is 5.69 Å². The molecule has 0 aliphatic carbocycles. The Bertz CT molecular complexity index is 425. The Morgan fingerprint density at radius 1 is 1.39 bits per heavy atom. The fourth-order valence-electron chi connectivity index (χ4n) is 2.00. The maximum absolute atomic E-state index is 13.4. The standard InChI is InChI=1S/C11H14FN3O2.ClH/c12-9-2-1-3-10(11(9)15(16)17)14-8-4-6-13-7-5-8;/h1-3,8,13-14H,4-7H2;1H. The van der Waals surface area contributed by atoms with E-state index in [0.717, 1.165) is 32.0 Å². The van der Waals surface area contributed by atoms with Crippen LogP contribution in [-0.4, -0.2) is 24.1 Å². The van der Waals surface area contributed by atoms with Crippen LogP contribution in [0, 0.1) is 15.9 Å². The predicted octanol–water partition coefficient (Wildman–Crippen LogP) is 2.32. The summed E-state index contributed by atoms with van der Waals surface area (Å²) in [5, 5.41) is 17.0. The molecule has 2 rings (SSSR count). The largest absolute Gasteiger partial charge is 0.377 e. The zero-order valence-corrected chi connectivity index (χ0v) is 10.5. The van der Waals surface area contributed by atoms with Crippen molar-refractivity contribution in [1.82, 2.24) is 5.32 Å². The van der Waals surface area contributed by atoms with Crippen molar-refractivity contribution >= 4 is 23.8 Å². The molecular formula is C11H15ClFN3O2. The summed E-state index contributed by atoms with van der Waals surface area (Å²) < 4.78 is 13.4. The molecule has 0 spiro atoms. The van der Waals surface area contributed by atoms with Gasteiger partial charge in [0.2, 0.25) is 5.82 Å². The minimum atomic E-state index is -0.797. The van der Waals surface area contributed by atoms with Crippen LogP contribution in [0.15, 0.2) is 18.2 Å². The summed E-state index contributed by atoms with van der Waals surface area (Å²) >= 11 is 0. The highest BCUT2D eigenvalue weighted by atomic mass is 35.5. The van der Waals surface area contributed by atoms with Gasteiger partial charge in [-0.3, -0.25) is 10.1 Å². The molecule has 1 heterocycles. The summed E-state index contributed by atoms with van der Waals surface area (Å²) in [6.45, 7) is 1.75. The number of hydrogen-bond donors (Lipinski definition) is 2. The first-order valence-corrected chi connectivity index (χ1v) is 5.58. The molecule has 0 radical (unpaired) electrons. The lowest BCUT2D eigenvalue weighted by molar-refractivity contribution is -0.386. The van der Waals surface area contributed by atoms with Gasteiger partial charge in [0.25, 0.3) is 0 Å². The minimum absolute atomic E-state index is 0. The SMILES string of the molecule is Cl.O=[N+]([O-])c1c(F)cccc1NC1CCNCC1. The lowest BCUT2D eigenvalue weighted by Gasteiger charge is -2.24. The first kappa shape index (κ1) is 14.7.